The number of hydrogen-bond donors (Lipinski definition) is 0. The summed E-state index contributed by atoms with van der Waals surface area (Å²) < 4.78 is 41.6. The molecular weight excluding hydrogens is 319 g/mol. The lowest BCUT2D eigenvalue weighted by molar-refractivity contribution is -0.159. The monoisotopic (exact) mass is 325 g/mol. The van der Waals surface area contributed by atoms with Crippen LogP contribution in [0.15, 0.2) is 47.0 Å². The first-order chi connectivity index (χ1) is 10.4. The zero-order chi connectivity index (χ0) is 15.7. The minimum absolute atomic E-state index is 0.00382. The van der Waals surface area contributed by atoms with Crippen LogP contribution in [0, 0.1) is 0 Å². The van der Waals surface area contributed by atoms with E-state index in [-0.39, 0.29) is 16.5 Å². The summed E-state index contributed by atoms with van der Waals surface area (Å²) in [6, 6.07) is 12.4. The van der Waals surface area contributed by atoms with Gasteiger partial charge < -0.3 is 4.52 Å². The maximum atomic E-state index is 12.5. The number of rotatable bonds is 2. The SMILES string of the molecule is FC(F)(F)c1nc(-c2ccc(-c3ccccc3)nc2Cl)no1. The Bertz CT molecular complexity index is 803. The van der Waals surface area contributed by atoms with Gasteiger partial charge in [-0.3, -0.25) is 0 Å². The van der Waals surface area contributed by atoms with Gasteiger partial charge in [0, 0.05) is 5.56 Å². The van der Waals surface area contributed by atoms with Crippen molar-refractivity contribution < 1.29 is 17.7 Å². The fraction of sp³-hybridized carbons (Fsp3) is 0.0714. The van der Waals surface area contributed by atoms with Gasteiger partial charge in [0.15, 0.2) is 0 Å². The zero-order valence-electron chi connectivity index (χ0n) is 10.8. The van der Waals surface area contributed by atoms with Gasteiger partial charge in [-0.25, -0.2) is 4.98 Å². The summed E-state index contributed by atoms with van der Waals surface area (Å²) in [5.74, 6) is -1.69. The maximum Gasteiger partial charge on any atom is 0.471 e. The minimum atomic E-state index is -4.70. The summed E-state index contributed by atoms with van der Waals surface area (Å²) in [6.07, 6.45) is -4.70. The van der Waals surface area contributed by atoms with Crippen molar-refractivity contribution >= 4 is 11.6 Å². The highest BCUT2D eigenvalue weighted by atomic mass is 35.5. The molecule has 0 atom stereocenters. The molecule has 1 aromatic carbocycles. The molecule has 0 unspecified atom stereocenters. The van der Waals surface area contributed by atoms with Crippen molar-refractivity contribution in [1.82, 2.24) is 15.1 Å². The standard InChI is InChI=1S/C14H7ClF3N3O/c15-11-9(12-20-13(22-21-12)14(16,17)18)6-7-10(19-11)8-4-2-1-3-5-8/h1-7H. The van der Waals surface area contributed by atoms with Crippen molar-refractivity contribution in [3.63, 3.8) is 0 Å². The van der Waals surface area contributed by atoms with Gasteiger partial charge in [-0.15, -0.1) is 0 Å². The predicted octanol–water partition coefficient (Wildman–Crippen LogP) is 4.47. The van der Waals surface area contributed by atoms with Crippen molar-refractivity contribution in [2.45, 2.75) is 6.18 Å². The first-order valence-electron chi connectivity index (χ1n) is 6.08. The molecular formula is C14H7ClF3N3O. The van der Waals surface area contributed by atoms with Crippen LogP contribution in [-0.4, -0.2) is 15.1 Å². The summed E-state index contributed by atoms with van der Waals surface area (Å²) in [4.78, 5) is 7.44. The third-order valence-electron chi connectivity index (χ3n) is 2.83. The molecule has 0 bridgehead atoms. The first kappa shape index (κ1) is 14.5. The van der Waals surface area contributed by atoms with E-state index in [9.17, 15) is 13.2 Å². The molecule has 2 aromatic heterocycles. The minimum Gasteiger partial charge on any atom is -0.329 e. The van der Waals surface area contributed by atoms with Crippen molar-refractivity contribution in [2.24, 2.45) is 0 Å². The Balaban J connectivity index is 1.98. The molecule has 8 heteroatoms. The van der Waals surface area contributed by atoms with Crippen molar-refractivity contribution in [3.05, 3.63) is 53.5 Å². The molecule has 0 saturated carbocycles. The van der Waals surface area contributed by atoms with Gasteiger partial charge in [0.1, 0.15) is 5.15 Å². The van der Waals surface area contributed by atoms with Crippen LogP contribution in [-0.2, 0) is 6.18 Å². The van der Waals surface area contributed by atoms with Crippen LogP contribution >= 0.6 is 11.6 Å². The highest BCUT2D eigenvalue weighted by Gasteiger charge is 2.38. The Morgan fingerprint density at radius 2 is 1.68 bits per heavy atom. The van der Waals surface area contributed by atoms with Gasteiger partial charge >= 0.3 is 12.1 Å². The van der Waals surface area contributed by atoms with Gasteiger partial charge in [0.25, 0.3) is 0 Å². The average molecular weight is 326 g/mol. The smallest absolute Gasteiger partial charge is 0.329 e. The summed E-state index contributed by atoms with van der Waals surface area (Å²) in [5.41, 5.74) is 1.59. The number of pyridine rings is 1. The number of alkyl halides is 3. The second kappa shape index (κ2) is 5.42. The Kier molecular flexibility index (Phi) is 3.58. The molecule has 0 N–H and O–H groups in total. The Hall–Kier alpha value is -2.41. The fourth-order valence-electron chi connectivity index (χ4n) is 1.82. The van der Waals surface area contributed by atoms with Crippen LogP contribution in [0.2, 0.25) is 5.15 Å². The second-order valence-corrected chi connectivity index (χ2v) is 4.68. The molecule has 0 aliphatic rings. The molecule has 0 aliphatic heterocycles. The van der Waals surface area contributed by atoms with E-state index in [1.807, 2.05) is 30.3 Å². The third-order valence-corrected chi connectivity index (χ3v) is 3.12. The molecule has 0 fully saturated rings. The van der Waals surface area contributed by atoms with Crippen LogP contribution < -0.4 is 0 Å². The number of nitrogens with zero attached hydrogens (tertiary/aromatic N) is 3. The largest absolute Gasteiger partial charge is 0.471 e. The predicted molar refractivity (Wildman–Crippen MR) is 73.0 cm³/mol. The Morgan fingerprint density at radius 3 is 2.27 bits per heavy atom. The normalized spacial score (nSPS) is 11.6. The lowest BCUT2D eigenvalue weighted by Gasteiger charge is -2.03. The third kappa shape index (κ3) is 2.80. The lowest BCUT2D eigenvalue weighted by Crippen LogP contribution is -2.04. The molecule has 0 amide bonds. The number of halogens is 4. The Morgan fingerprint density at radius 1 is 0.955 bits per heavy atom. The van der Waals surface area contributed by atoms with Crippen LogP contribution in [0.25, 0.3) is 22.6 Å². The van der Waals surface area contributed by atoms with Gasteiger partial charge in [-0.05, 0) is 12.1 Å². The maximum absolute atomic E-state index is 12.5. The van der Waals surface area contributed by atoms with Crippen LogP contribution in [0.5, 0.6) is 0 Å². The average Bonchev–Trinajstić information content (AvgIpc) is 2.98. The molecule has 4 nitrogen and oxygen atoms in total. The van der Waals surface area contributed by atoms with Gasteiger partial charge in [0.2, 0.25) is 5.82 Å². The van der Waals surface area contributed by atoms with E-state index in [2.05, 4.69) is 19.6 Å². The van der Waals surface area contributed by atoms with Crippen LogP contribution in [0.3, 0.4) is 0 Å². The second-order valence-electron chi connectivity index (χ2n) is 4.32. The summed E-state index contributed by atoms with van der Waals surface area (Å²) in [6.45, 7) is 0. The van der Waals surface area contributed by atoms with E-state index >= 15 is 0 Å². The van der Waals surface area contributed by atoms with E-state index in [0.29, 0.717) is 5.69 Å². The molecule has 0 saturated heterocycles. The molecule has 0 aliphatic carbocycles. The van der Waals surface area contributed by atoms with E-state index in [1.165, 1.54) is 6.07 Å². The highest BCUT2D eigenvalue weighted by Crippen LogP contribution is 2.32. The first-order valence-corrected chi connectivity index (χ1v) is 6.46. The number of hydrogen-bond acceptors (Lipinski definition) is 4. The van der Waals surface area contributed by atoms with E-state index in [4.69, 9.17) is 11.6 Å². The van der Waals surface area contributed by atoms with Crippen LogP contribution in [0.1, 0.15) is 5.89 Å². The molecule has 22 heavy (non-hydrogen) atoms. The molecule has 0 spiro atoms. The number of aromatic nitrogens is 3. The fourth-order valence-corrected chi connectivity index (χ4v) is 2.06. The molecule has 2 heterocycles. The van der Waals surface area contributed by atoms with Crippen molar-refractivity contribution in [2.75, 3.05) is 0 Å². The van der Waals surface area contributed by atoms with E-state index in [0.717, 1.165) is 5.56 Å². The Labute approximate surface area is 127 Å². The summed E-state index contributed by atoms with van der Waals surface area (Å²) in [5, 5.41) is 3.28. The molecule has 3 rings (SSSR count). The van der Waals surface area contributed by atoms with Crippen LogP contribution in [0.4, 0.5) is 13.2 Å². The zero-order valence-corrected chi connectivity index (χ0v) is 11.6. The van der Waals surface area contributed by atoms with Gasteiger partial charge in [0.05, 0.1) is 11.3 Å². The highest BCUT2D eigenvalue weighted by molar-refractivity contribution is 6.32. The van der Waals surface area contributed by atoms with Gasteiger partial charge in [-0.2, -0.15) is 18.2 Å². The molecule has 3 aromatic rings. The molecule has 0 radical (unpaired) electrons. The van der Waals surface area contributed by atoms with Gasteiger partial charge in [-0.1, -0.05) is 47.1 Å². The van der Waals surface area contributed by atoms with Crippen molar-refractivity contribution in [1.29, 1.82) is 0 Å². The summed E-state index contributed by atoms with van der Waals surface area (Å²) >= 11 is 6.02. The summed E-state index contributed by atoms with van der Waals surface area (Å²) in [7, 11) is 0. The topological polar surface area (TPSA) is 51.8 Å². The molecule has 112 valence electrons. The quantitative estimate of drug-likeness (QED) is 0.652. The lowest BCUT2D eigenvalue weighted by atomic mass is 10.1. The number of benzene rings is 1. The van der Waals surface area contributed by atoms with Crippen molar-refractivity contribution in [3.8, 4) is 22.6 Å². The van der Waals surface area contributed by atoms with E-state index < -0.39 is 12.1 Å². The van der Waals surface area contributed by atoms with E-state index in [1.54, 1.807) is 6.07 Å².